The van der Waals surface area contributed by atoms with Gasteiger partial charge in [0.1, 0.15) is 0 Å². The predicted octanol–water partition coefficient (Wildman–Crippen LogP) is 2.36. The average molecular weight is 375 g/mol. The summed E-state index contributed by atoms with van der Waals surface area (Å²) in [4.78, 5) is 25.2. The number of carbonyl (C=O) groups excluding carboxylic acids is 2. The van der Waals surface area contributed by atoms with Crippen LogP contribution in [0.15, 0.2) is 36.4 Å². The molecule has 0 radical (unpaired) electrons. The third-order valence-electron chi connectivity index (χ3n) is 4.13. The summed E-state index contributed by atoms with van der Waals surface area (Å²) in [5.41, 5.74) is 4.48. The highest BCUT2D eigenvalue weighted by Gasteiger charge is 2.16. The van der Waals surface area contributed by atoms with E-state index in [4.69, 9.17) is 11.6 Å². The van der Waals surface area contributed by atoms with Crippen molar-refractivity contribution in [2.45, 2.75) is 20.8 Å². The standard InChI is InChI=1S/C20H24ClN3O2/c1-13-8-9-16(10-17(13)21)22-18(25)11-24(4)12-19(26)23-20-14(2)6-5-7-15(20)3/h5-10H,11-12H2,1-4H3,(H,22,25)(H,23,26)/p+1. The molecule has 2 aromatic rings. The van der Waals surface area contributed by atoms with Crippen molar-refractivity contribution in [3.8, 4) is 0 Å². The molecule has 6 heteroatoms. The third kappa shape index (κ3) is 5.58. The van der Waals surface area contributed by atoms with Crippen molar-refractivity contribution in [2.24, 2.45) is 0 Å². The molecule has 5 nitrogen and oxygen atoms in total. The Morgan fingerprint density at radius 3 is 2.08 bits per heavy atom. The highest BCUT2D eigenvalue weighted by molar-refractivity contribution is 6.31. The SMILES string of the molecule is Cc1ccc(NC(=O)C[NH+](C)CC(=O)Nc2c(C)cccc2C)cc1Cl. The lowest BCUT2D eigenvalue weighted by Gasteiger charge is -2.15. The first-order valence-electron chi connectivity index (χ1n) is 8.49. The van der Waals surface area contributed by atoms with Gasteiger partial charge in [-0.1, -0.05) is 35.9 Å². The molecule has 0 aliphatic heterocycles. The Morgan fingerprint density at radius 1 is 0.923 bits per heavy atom. The molecule has 0 saturated carbocycles. The minimum Gasteiger partial charge on any atom is -0.322 e. The summed E-state index contributed by atoms with van der Waals surface area (Å²) in [6.45, 7) is 6.21. The summed E-state index contributed by atoms with van der Waals surface area (Å²) < 4.78 is 0. The molecule has 26 heavy (non-hydrogen) atoms. The molecule has 0 aliphatic carbocycles. The normalized spacial score (nSPS) is 11.7. The van der Waals surface area contributed by atoms with Gasteiger partial charge in [0.15, 0.2) is 13.1 Å². The number of hydrogen-bond donors (Lipinski definition) is 3. The van der Waals surface area contributed by atoms with Crippen LogP contribution in [0.5, 0.6) is 0 Å². The van der Waals surface area contributed by atoms with E-state index in [-0.39, 0.29) is 24.9 Å². The quantitative estimate of drug-likeness (QED) is 0.726. The third-order valence-corrected chi connectivity index (χ3v) is 4.53. The maximum absolute atomic E-state index is 12.3. The van der Waals surface area contributed by atoms with E-state index in [1.807, 2.05) is 58.2 Å². The molecule has 3 N–H and O–H groups in total. The lowest BCUT2D eigenvalue weighted by Crippen LogP contribution is -3.11. The van der Waals surface area contributed by atoms with Crippen molar-refractivity contribution in [2.75, 3.05) is 30.8 Å². The highest BCUT2D eigenvalue weighted by atomic mass is 35.5. The predicted molar refractivity (Wildman–Crippen MR) is 106 cm³/mol. The van der Waals surface area contributed by atoms with Crippen LogP contribution in [0, 0.1) is 20.8 Å². The van der Waals surface area contributed by atoms with Gasteiger partial charge >= 0.3 is 0 Å². The summed E-state index contributed by atoms with van der Waals surface area (Å²) in [7, 11) is 1.81. The van der Waals surface area contributed by atoms with Gasteiger partial charge in [-0.3, -0.25) is 9.59 Å². The Kier molecular flexibility index (Phi) is 6.77. The summed E-state index contributed by atoms with van der Waals surface area (Å²) in [6.07, 6.45) is 0. The van der Waals surface area contributed by atoms with E-state index in [0.29, 0.717) is 10.7 Å². The molecule has 0 heterocycles. The van der Waals surface area contributed by atoms with Crippen molar-refractivity contribution < 1.29 is 14.5 Å². The molecule has 138 valence electrons. The van der Waals surface area contributed by atoms with E-state index in [2.05, 4.69) is 10.6 Å². The number of hydrogen-bond acceptors (Lipinski definition) is 2. The van der Waals surface area contributed by atoms with Crippen molar-refractivity contribution in [1.82, 2.24) is 0 Å². The van der Waals surface area contributed by atoms with E-state index in [1.165, 1.54) is 0 Å². The minimum absolute atomic E-state index is 0.119. The number of carbonyl (C=O) groups is 2. The summed E-state index contributed by atoms with van der Waals surface area (Å²) >= 11 is 6.06. The van der Waals surface area contributed by atoms with Crippen LogP contribution in [0.2, 0.25) is 5.02 Å². The van der Waals surface area contributed by atoms with E-state index in [0.717, 1.165) is 27.3 Å². The first kappa shape index (κ1) is 19.9. The van der Waals surface area contributed by atoms with Crippen LogP contribution in [0.3, 0.4) is 0 Å². The molecule has 0 fully saturated rings. The van der Waals surface area contributed by atoms with E-state index in [9.17, 15) is 9.59 Å². The first-order valence-corrected chi connectivity index (χ1v) is 8.87. The van der Waals surface area contributed by atoms with Crippen molar-refractivity contribution >= 4 is 34.8 Å². The molecular formula is C20H25ClN3O2+. The van der Waals surface area contributed by atoms with Crippen LogP contribution in [-0.2, 0) is 9.59 Å². The topological polar surface area (TPSA) is 62.6 Å². The van der Waals surface area contributed by atoms with Gasteiger partial charge in [-0.05, 0) is 49.6 Å². The van der Waals surface area contributed by atoms with Gasteiger partial charge in [0.25, 0.3) is 11.8 Å². The van der Waals surface area contributed by atoms with Crippen LogP contribution in [-0.4, -0.2) is 32.0 Å². The molecule has 0 saturated heterocycles. The molecule has 1 unspecified atom stereocenters. The highest BCUT2D eigenvalue weighted by Crippen LogP contribution is 2.20. The van der Waals surface area contributed by atoms with E-state index in [1.54, 1.807) is 6.07 Å². The minimum atomic E-state index is -0.165. The number of nitrogens with one attached hydrogen (secondary N) is 3. The Morgan fingerprint density at radius 2 is 1.50 bits per heavy atom. The molecule has 2 amide bonds. The second kappa shape index (κ2) is 8.83. The van der Waals surface area contributed by atoms with E-state index < -0.39 is 0 Å². The van der Waals surface area contributed by atoms with Crippen molar-refractivity contribution in [3.63, 3.8) is 0 Å². The molecule has 2 rings (SSSR count). The van der Waals surface area contributed by atoms with Crippen LogP contribution >= 0.6 is 11.6 Å². The van der Waals surface area contributed by atoms with Crippen molar-refractivity contribution in [1.29, 1.82) is 0 Å². The number of para-hydroxylation sites is 1. The number of anilines is 2. The van der Waals surface area contributed by atoms with Gasteiger partial charge in [-0.25, -0.2) is 0 Å². The Labute approximate surface area is 159 Å². The monoisotopic (exact) mass is 374 g/mol. The van der Waals surface area contributed by atoms with Gasteiger partial charge in [0.2, 0.25) is 0 Å². The lowest BCUT2D eigenvalue weighted by molar-refractivity contribution is -0.862. The van der Waals surface area contributed by atoms with Gasteiger partial charge in [0.05, 0.1) is 7.05 Å². The Bertz CT molecular complexity index is 800. The van der Waals surface area contributed by atoms with Crippen LogP contribution in [0.4, 0.5) is 11.4 Å². The van der Waals surface area contributed by atoms with Crippen LogP contribution in [0.25, 0.3) is 0 Å². The number of amides is 2. The largest absolute Gasteiger partial charge is 0.322 e. The fraction of sp³-hybridized carbons (Fsp3) is 0.300. The van der Waals surface area contributed by atoms with Crippen LogP contribution < -0.4 is 15.5 Å². The first-order chi connectivity index (χ1) is 12.3. The van der Waals surface area contributed by atoms with Crippen molar-refractivity contribution in [3.05, 3.63) is 58.1 Å². The summed E-state index contributed by atoms with van der Waals surface area (Å²) in [6, 6.07) is 11.3. The molecule has 1 atom stereocenters. The molecule has 0 aliphatic rings. The lowest BCUT2D eigenvalue weighted by atomic mass is 10.1. The molecule has 0 bridgehead atoms. The molecule has 0 aromatic heterocycles. The smallest absolute Gasteiger partial charge is 0.279 e. The molecular weight excluding hydrogens is 350 g/mol. The number of benzene rings is 2. The van der Waals surface area contributed by atoms with Crippen LogP contribution in [0.1, 0.15) is 16.7 Å². The number of likely N-dealkylation sites (N-methyl/N-ethyl adjacent to an activating group) is 1. The van der Waals surface area contributed by atoms with Gasteiger partial charge in [-0.15, -0.1) is 0 Å². The van der Waals surface area contributed by atoms with Gasteiger partial charge in [-0.2, -0.15) is 0 Å². The zero-order valence-electron chi connectivity index (χ0n) is 15.6. The summed E-state index contributed by atoms with van der Waals surface area (Å²) in [5.74, 6) is -0.284. The van der Waals surface area contributed by atoms with E-state index >= 15 is 0 Å². The maximum Gasteiger partial charge on any atom is 0.279 e. The number of rotatable bonds is 6. The fourth-order valence-corrected chi connectivity index (χ4v) is 2.86. The van der Waals surface area contributed by atoms with Gasteiger partial charge in [0, 0.05) is 16.4 Å². The second-order valence-corrected chi connectivity index (χ2v) is 7.04. The molecule has 0 spiro atoms. The fourth-order valence-electron chi connectivity index (χ4n) is 2.68. The summed E-state index contributed by atoms with van der Waals surface area (Å²) in [5, 5.41) is 6.35. The zero-order chi connectivity index (χ0) is 19.3. The maximum atomic E-state index is 12.3. The average Bonchev–Trinajstić information content (AvgIpc) is 2.54. The number of aryl methyl sites for hydroxylation is 3. The molecule has 2 aromatic carbocycles. The number of halogens is 1. The Balaban J connectivity index is 1.87. The number of quaternary nitrogens is 1. The second-order valence-electron chi connectivity index (χ2n) is 6.64. The Hall–Kier alpha value is -2.37. The zero-order valence-corrected chi connectivity index (χ0v) is 16.3. The van der Waals surface area contributed by atoms with Gasteiger partial charge < -0.3 is 15.5 Å².